The second kappa shape index (κ2) is 7.67. The zero-order chi connectivity index (χ0) is 21.6. The van der Waals surface area contributed by atoms with Gasteiger partial charge >= 0.3 is 0 Å². The molecule has 0 spiro atoms. The van der Waals surface area contributed by atoms with E-state index < -0.39 is 0 Å². The van der Waals surface area contributed by atoms with Crippen molar-refractivity contribution >= 4 is 57.2 Å². The highest BCUT2D eigenvalue weighted by Gasteiger charge is 2.34. The summed E-state index contributed by atoms with van der Waals surface area (Å²) >= 11 is 6.62. The number of carbonyl (C=O) groups is 1. The summed E-state index contributed by atoms with van der Waals surface area (Å²) in [7, 11) is 0. The number of hydrogen-bond donors (Lipinski definition) is 0. The lowest BCUT2D eigenvalue weighted by atomic mass is 9.88. The summed E-state index contributed by atoms with van der Waals surface area (Å²) in [6, 6.07) is 12.7. The molecule has 0 radical (unpaired) electrons. The maximum atomic E-state index is 15.1. The number of allylic oxidation sites excluding steroid dienone is 1. The summed E-state index contributed by atoms with van der Waals surface area (Å²) in [6.45, 7) is 9.15. The van der Waals surface area contributed by atoms with Gasteiger partial charge in [-0.3, -0.25) is 9.69 Å². The van der Waals surface area contributed by atoms with Gasteiger partial charge in [-0.05, 0) is 63.6 Å². The van der Waals surface area contributed by atoms with E-state index in [0.717, 1.165) is 23.4 Å². The van der Waals surface area contributed by atoms with Crippen LogP contribution in [0.4, 0.5) is 15.8 Å². The number of benzene rings is 2. The molecule has 6 heteroatoms. The Labute approximate surface area is 186 Å². The van der Waals surface area contributed by atoms with Crippen LogP contribution in [-0.4, -0.2) is 22.3 Å². The standard InChI is InChI=1S/C24H23FN2OS2/c1-5-26-20-13-19(25)16(11-18(20)15(2)14-24(26,3)4)12-21-22(28)27(23(29)30-21)17-9-7-6-8-10-17/h6-14H,5H2,1-4H3/b21-12+. The number of halogens is 1. The van der Waals surface area contributed by atoms with Crippen LogP contribution in [0, 0.1) is 5.82 Å². The van der Waals surface area contributed by atoms with E-state index in [1.54, 1.807) is 12.1 Å². The van der Waals surface area contributed by atoms with Gasteiger partial charge in [0, 0.05) is 23.4 Å². The van der Waals surface area contributed by atoms with Crippen molar-refractivity contribution in [2.45, 2.75) is 33.2 Å². The predicted molar refractivity (Wildman–Crippen MR) is 129 cm³/mol. The highest BCUT2D eigenvalue weighted by atomic mass is 32.2. The van der Waals surface area contributed by atoms with Gasteiger partial charge < -0.3 is 4.90 Å². The highest BCUT2D eigenvalue weighted by Crippen LogP contribution is 2.41. The summed E-state index contributed by atoms with van der Waals surface area (Å²) in [5.41, 5.74) is 3.90. The van der Waals surface area contributed by atoms with E-state index >= 15 is 4.39 Å². The monoisotopic (exact) mass is 438 g/mol. The molecule has 2 aromatic rings. The van der Waals surface area contributed by atoms with E-state index in [1.165, 1.54) is 16.7 Å². The number of amides is 1. The van der Waals surface area contributed by atoms with Crippen molar-refractivity contribution in [3.05, 3.63) is 70.4 Å². The summed E-state index contributed by atoms with van der Waals surface area (Å²) in [5.74, 6) is -0.570. The lowest BCUT2D eigenvalue weighted by Crippen LogP contribution is -2.45. The first kappa shape index (κ1) is 20.8. The van der Waals surface area contributed by atoms with Crippen LogP contribution < -0.4 is 9.80 Å². The molecule has 2 aromatic carbocycles. The van der Waals surface area contributed by atoms with E-state index in [4.69, 9.17) is 12.2 Å². The van der Waals surface area contributed by atoms with Gasteiger partial charge in [0.15, 0.2) is 4.32 Å². The maximum absolute atomic E-state index is 15.1. The van der Waals surface area contributed by atoms with E-state index in [-0.39, 0.29) is 17.3 Å². The summed E-state index contributed by atoms with van der Waals surface area (Å²) in [5, 5.41) is 0. The second-order valence-electron chi connectivity index (χ2n) is 7.97. The van der Waals surface area contributed by atoms with Crippen LogP contribution in [0.1, 0.15) is 38.8 Å². The van der Waals surface area contributed by atoms with Gasteiger partial charge in [-0.15, -0.1) is 0 Å². The smallest absolute Gasteiger partial charge is 0.270 e. The molecule has 0 unspecified atom stereocenters. The second-order valence-corrected chi connectivity index (χ2v) is 9.64. The molecule has 30 heavy (non-hydrogen) atoms. The van der Waals surface area contributed by atoms with E-state index in [9.17, 15) is 4.79 Å². The van der Waals surface area contributed by atoms with Gasteiger partial charge in [-0.25, -0.2) is 4.39 Å². The quantitative estimate of drug-likeness (QED) is 0.417. The Kier molecular flexibility index (Phi) is 5.32. The Morgan fingerprint density at radius 1 is 1.20 bits per heavy atom. The predicted octanol–water partition coefficient (Wildman–Crippen LogP) is 6.25. The number of anilines is 2. The minimum Gasteiger partial charge on any atom is -0.363 e. The van der Waals surface area contributed by atoms with Crippen molar-refractivity contribution in [1.82, 2.24) is 0 Å². The fourth-order valence-electron chi connectivity index (χ4n) is 4.21. The van der Waals surface area contributed by atoms with Crippen LogP contribution in [0.15, 0.2) is 53.4 Å². The number of fused-ring (bicyclic) bond motifs is 1. The van der Waals surface area contributed by atoms with E-state index in [1.807, 2.05) is 43.3 Å². The number of hydrogen-bond acceptors (Lipinski definition) is 4. The number of rotatable bonds is 3. The summed E-state index contributed by atoms with van der Waals surface area (Å²) in [4.78, 5) is 17.1. The first-order valence-corrected chi connectivity index (χ1v) is 11.1. The van der Waals surface area contributed by atoms with Gasteiger partial charge in [-0.2, -0.15) is 0 Å². The molecule has 0 aliphatic carbocycles. The Hall–Kier alpha value is -2.44. The molecule has 3 nitrogen and oxygen atoms in total. The number of nitrogens with zero attached hydrogens (tertiary/aromatic N) is 2. The van der Waals surface area contributed by atoms with Gasteiger partial charge in [0.1, 0.15) is 5.82 Å². The zero-order valence-electron chi connectivity index (χ0n) is 17.4. The third kappa shape index (κ3) is 3.48. The molecule has 2 heterocycles. The minimum absolute atomic E-state index is 0.183. The molecular formula is C24H23FN2OS2. The van der Waals surface area contributed by atoms with Gasteiger partial charge in [0.05, 0.1) is 16.1 Å². The Bertz CT molecular complexity index is 1110. The molecule has 0 atom stereocenters. The molecule has 154 valence electrons. The van der Waals surface area contributed by atoms with Crippen molar-refractivity contribution in [3.63, 3.8) is 0 Å². The number of carbonyl (C=O) groups excluding carboxylic acids is 1. The van der Waals surface area contributed by atoms with E-state index in [0.29, 0.717) is 20.5 Å². The van der Waals surface area contributed by atoms with Crippen LogP contribution in [-0.2, 0) is 4.79 Å². The van der Waals surface area contributed by atoms with Crippen molar-refractivity contribution in [2.24, 2.45) is 0 Å². The van der Waals surface area contributed by atoms with Crippen LogP contribution in [0.25, 0.3) is 11.6 Å². The molecule has 2 aliphatic heterocycles. The first-order valence-electron chi connectivity index (χ1n) is 9.87. The van der Waals surface area contributed by atoms with Crippen molar-refractivity contribution in [3.8, 4) is 0 Å². The Balaban J connectivity index is 1.75. The molecule has 4 rings (SSSR count). The minimum atomic E-state index is -0.345. The maximum Gasteiger partial charge on any atom is 0.270 e. The Morgan fingerprint density at radius 2 is 1.90 bits per heavy atom. The van der Waals surface area contributed by atoms with Gasteiger partial charge in [0.25, 0.3) is 5.91 Å². The summed E-state index contributed by atoms with van der Waals surface area (Å²) in [6.07, 6.45) is 3.82. The average molecular weight is 439 g/mol. The fraction of sp³-hybridized carbons (Fsp3) is 0.250. The van der Waals surface area contributed by atoms with Crippen LogP contribution in [0.5, 0.6) is 0 Å². The van der Waals surface area contributed by atoms with Crippen molar-refractivity contribution in [1.29, 1.82) is 0 Å². The molecule has 1 saturated heterocycles. The molecular weight excluding hydrogens is 415 g/mol. The zero-order valence-corrected chi connectivity index (χ0v) is 19.0. The third-order valence-corrected chi connectivity index (χ3v) is 6.81. The highest BCUT2D eigenvalue weighted by molar-refractivity contribution is 8.27. The molecule has 0 N–H and O–H groups in total. The molecule has 0 bridgehead atoms. The SMILES string of the molecule is CCN1c2cc(F)c(/C=C3/SC(=S)N(c4ccccc4)C3=O)cc2C(C)=CC1(C)C. The number of thioether (sulfide) groups is 1. The van der Waals surface area contributed by atoms with Crippen molar-refractivity contribution < 1.29 is 9.18 Å². The molecule has 2 aliphatic rings. The lowest BCUT2D eigenvalue weighted by Gasteiger charge is -2.42. The van der Waals surface area contributed by atoms with E-state index in [2.05, 4.69) is 31.7 Å². The topological polar surface area (TPSA) is 23.6 Å². The number of para-hydroxylation sites is 1. The van der Waals surface area contributed by atoms with Crippen LogP contribution in [0.2, 0.25) is 0 Å². The third-order valence-electron chi connectivity index (χ3n) is 5.51. The first-order chi connectivity index (χ1) is 14.2. The molecule has 0 aromatic heterocycles. The van der Waals surface area contributed by atoms with Gasteiger partial charge in [0.2, 0.25) is 0 Å². The number of thiocarbonyl (C=S) groups is 1. The fourth-order valence-corrected chi connectivity index (χ4v) is 5.50. The molecule has 0 saturated carbocycles. The average Bonchev–Trinajstić information content (AvgIpc) is 2.96. The Morgan fingerprint density at radius 3 is 2.57 bits per heavy atom. The van der Waals surface area contributed by atoms with Crippen LogP contribution >= 0.6 is 24.0 Å². The lowest BCUT2D eigenvalue weighted by molar-refractivity contribution is -0.113. The summed E-state index contributed by atoms with van der Waals surface area (Å²) < 4.78 is 15.6. The molecule has 1 amide bonds. The van der Waals surface area contributed by atoms with Gasteiger partial charge in [-0.1, -0.05) is 48.3 Å². The van der Waals surface area contributed by atoms with Crippen LogP contribution in [0.3, 0.4) is 0 Å². The number of likely N-dealkylation sites (N-methyl/N-ethyl adjacent to an activating group) is 1. The largest absolute Gasteiger partial charge is 0.363 e. The normalized spacial score (nSPS) is 19.4. The molecule has 1 fully saturated rings. The van der Waals surface area contributed by atoms with Crippen molar-refractivity contribution in [2.75, 3.05) is 16.3 Å².